The Bertz CT molecular complexity index is 1010. The van der Waals surface area contributed by atoms with E-state index < -0.39 is 0 Å². The SMILES string of the molecule is Cc1noc(C)c1CC(=O)N1CCN(C(=O)CCCCc2nc3ccccc3s2)CC1. The molecule has 0 atom stereocenters. The zero-order valence-electron chi connectivity index (χ0n) is 18.1. The van der Waals surface area contributed by atoms with Gasteiger partial charge in [0.2, 0.25) is 11.8 Å². The van der Waals surface area contributed by atoms with Crippen molar-refractivity contribution in [3.8, 4) is 0 Å². The first-order chi connectivity index (χ1) is 15.0. The van der Waals surface area contributed by atoms with Crippen LogP contribution in [0, 0.1) is 13.8 Å². The molecule has 1 fully saturated rings. The van der Waals surface area contributed by atoms with Gasteiger partial charge < -0.3 is 14.3 Å². The molecule has 3 aromatic rings. The maximum absolute atomic E-state index is 12.6. The van der Waals surface area contributed by atoms with Gasteiger partial charge in [0.15, 0.2) is 0 Å². The predicted molar refractivity (Wildman–Crippen MR) is 120 cm³/mol. The Balaban J connectivity index is 1.17. The second kappa shape index (κ2) is 9.60. The smallest absolute Gasteiger partial charge is 0.227 e. The lowest BCUT2D eigenvalue weighted by atomic mass is 10.1. The fourth-order valence-corrected chi connectivity index (χ4v) is 4.97. The second-order valence-corrected chi connectivity index (χ2v) is 9.14. The summed E-state index contributed by atoms with van der Waals surface area (Å²) in [6.45, 7) is 6.05. The van der Waals surface area contributed by atoms with E-state index in [1.807, 2.05) is 41.8 Å². The van der Waals surface area contributed by atoms with E-state index in [9.17, 15) is 9.59 Å². The van der Waals surface area contributed by atoms with Gasteiger partial charge in [0, 0.05) is 38.2 Å². The summed E-state index contributed by atoms with van der Waals surface area (Å²) >= 11 is 1.74. The Morgan fingerprint density at radius 2 is 1.74 bits per heavy atom. The number of fused-ring (bicyclic) bond motifs is 1. The summed E-state index contributed by atoms with van der Waals surface area (Å²) in [4.78, 5) is 33.5. The number of thiazole rings is 1. The van der Waals surface area contributed by atoms with Gasteiger partial charge in [-0.2, -0.15) is 0 Å². The van der Waals surface area contributed by atoms with Gasteiger partial charge in [-0.1, -0.05) is 17.3 Å². The summed E-state index contributed by atoms with van der Waals surface area (Å²) < 4.78 is 6.36. The maximum atomic E-state index is 12.6. The van der Waals surface area contributed by atoms with Crippen LogP contribution in [0.15, 0.2) is 28.8 Å². The standard InChI is InChI=1S/C23H28N4O3S/c1-16-18(17(2)30-25-16)15-23(29)27-13-11-26(12-14-27)22(28)10-6-5-9-21-24-19-7-3-4-8-20(19)31-21/h3-4,7-8H,5-6,9-15H2,1-2H3. The number of hydrogen-bond donors (Lipinski definition) is 0. The molecular formula is C23H28N4O3S. The first kappa shape index (κ1) is 21.5. The Hall–Kier alpha value is -2.74. The molecule has 164 valence electrons. The molecule has 31 heavy (non-hydrogen) atoms. The minimum atomic E-state index is 0.0670. The number of carbonyl (C=O) groups is 2. The molecule has 1 aromatic carbocycles. The highest BCUT2D eigenvalue weighted by Crippen LogP contribution is 2.23. The third-order valence-electron chi connectivity index (χ3n) is 5.86. The minimum Gasteiger partial charge on any atom is -0.361 e. The van der Waals surface area contributed by atoms with Crippen molar-refractivity contribution < 1.29 is 14.1 Å². The van der Waals surface area contributed by atoms with Crippen molar-refractivity contribution >= 4 is 33.4 Å². The number of aromatic nitrogens is 2. The molecule has 0 aliphatic carbocycles. The summed E-state index contributed by atoms with van der Waals surface area (Å²) in [6, 6.07) is 8.18. The molecule has 0 N–H and O–H groups in total. The van der Waals surface area contributed by atoms with Gasteiger partial charge in [0.25, 0.3) is 0 Å². The van der Waals surface area contributed by atoms with Crippen molar-refractivity contribution in [1.29, 1.82) is 0 Å². The molecule has 4 rings (SSSR count). The van der Waals surface area contributed by atoms with Crippen LogP contribution in [-0.4, -0.2) is 57.9 Å². The van der Waals surface area contributed by atoms with Crippen molar-refractivity contribution in [1.82, 2.24) is 19.9 Å². The van der Waals surface area contributed by atoms with Crippen LogP contribution in [0.3, 0.4) is 0 Å². The van der Waals surface area contributed by atoms with Crippen molar-refractivity contribution in [2.45, 2.75) is 46.0 Å². The quantitative estimate of drug-likeness (QED) is 0.525. The lowest BCUT2D eigenvalue weighted by Crippen LogP contribution is -2.51. The zero-order valence-corrected chi connectivity index (χ0v) is 18.9. The Kier molecular flexibility index (Phi) is 6.65. The van der Waals surface area contributed by atoms with E-state index in [2.05, 4.69) is 16.2 Å². The normalized spacial score (nSPS) is 14.4. The molecule has 0 bridgehead atoms. The van der Waals surface area contributed by atoms with Gasteiger partial charge in [0.05, 0.1) is 27.3 Å². The minimum absolute atomic E-state index is 0.0670. The van der Waals surface area contributed by atoms with Gasteiger partial charge in [-0.05, 0) is 45.2 Å². The number of piperazine rings is 1. The first-order valence-corrected chi connectivity index (χ1v) is 11.6. The maximum Gasteiger partial charge on any atom is 0.227 e. The van der Waals surface area contributed by atoms with Crippen LogP contribution >= 0.6 is 11.3 Å². The van der Waals surface area contributed by atoms with E-state index in [1.165, 1.54) is 4.70 Å². The summed E-state index contributed by atoms with van der Waals surface area (Å²) in [6.07, 6.45) is 3.59. The average Bonchev–Trinajstić information content (AvgIpc) is 3.34. The molecule has 1 saturated heterocycles. The molecule has 0 spiro atoms. The number of para-hydroxylation sites is 1. The molecule has 3 heterocycles. The number of unbranched alkanes of at least 4 members (excludes halogenated alkanes) is 1. The van der Waals surface area contributed by atoms with E-state index >= 15 is 0 Å². The van der Waals surface area contributed by atoms with Gasteiger partial charge in [-0.3, -0.25) is 9.59 Å². The van der Waals surface area contributed by atoms with Crippen molar-refractivity contribution in [3.63, 3.8) is 0 Å². The highest BCUT2D eigenvalue weighted by atomic mass is 32.1. The van der Waals surface area contributed by atoms with Gasteiger partial charge in [-0.25, -0.2) is 4.98 Å². The molecule has 0 radical (unpaired) electrons. The summed E-state index contributed by atoms with van der Waals surface area (Å²) in [5.74, 6) is 0.949. The molecular weight excluding hydrogens is 412 g/mol. The third kappa shape index (κ3) is 5.12. The number of nitrogens with zero attached hydrogens (tertiary/aromatic N) is 4. The van der Waals surface area contributed by atoms with Crippen molar-refractivity contribution in [2.75, 3.05) is 26.2 Å². The molecule has 1 aliphatic heterocycles. The van der Waals surface area contributed by atoms with E-state index in [1.54, 1.807) is 11.3 Å². The molecule has 2 amide bonds. The summed E-state index contributed by atoms with van der Waals surface area (Å²) in [5, 5.41) is 5.05. The van der Waals surface area contributed by atoms with Crippen LogP contribution in [0.1, 0.15) is 41.3 Å². The number of hydrogen-bond acceptors (Lipinski definition) is 6. The van der Waals surface area contributed by atoms with Crippen molar-refractivity contribution in [2.24, 2.45) is 0 Å². The molecule has 2 aromatic heterocycles. The molecule has 8 heteroatoms. The fourth-order valence-electron chi connectivity index (χ4n) is 3.96. The van der Waals surface area contributed by atoms with E-state index in [0.29, 0.717) is 44.8 Å². The van der Waals surface area contributed by atoms with Crippen molar-refractivity contribution in [3.05, 3.63) is 46.3 Å². The predicted octanol–water partition coefficient (Wildman–Crippen LogP) is 3.53. The molecule has 7 nitrogen and oxygen atoms in total. The van der Waals surface area contributed by atoms with E-state index in [0.717, 1.165) is 41.0 Å². The number of amides is 2. The number of rotatable bonds is 7. The largest absolute Gasteiger partial charge is 0.361 e. The highest BCUT2D eigenvalue weighted by molar-refractivity contribution is 7.18. The first-order valence-electron chi connectivity index (χ1n) is 10.8. The molecule has 0 saturated carbocycles. The van der Waals surface area contributed by atoms with Crippen LogP contribution < -0.4 is 0 Å². The summed E-state index contributed by atoms with van der Waals surface area (Å²) in [7, 11) is 0. The third-order valence-corrected chi connectivity index (χ3v) is 6.96. The fraction of sp³-hybridized carbons (Fsp3) is 0.478. The second-order valence-electron chi connectivity index (χ2n) is 8.02. The van der Waals surface area contributed by atoms with Gasteiger partial charge in [-0.15, -0.1) is 11.3 Å². The van der Waals surface area contributed by atoms with Crippen LogP contribution in [0.25, 0.3) is 10.2 Å². The van der Waals surface area contributed by atoms with Crippen LogP contribution in [0.2, 0.25) is 0 Å². The van der Waals surface area contributed by atoms with Gasteiger partial charge in [0.1, 0.15) is 5.76 Å². The monoisotopic (exact) mass is 440 g/mol. The van der Waals surface area contributed by atoms with E-state index in [4.69, 9.17) is 4.52 Å². The van der Waals surface area contributed by atoms with Gasteiger partial charge >= 0.3 is 0 Å². The Morgan fingerprint density at radius 1 is 1.03 bits per heavy atom. The Morgan fingerprint density at radius 3 is 2.42 bits per heavy atom. The van der Waals surface area contributed by atoms with Crippen LogP contribution in [0.5, 0.6) is 0 Å². The lowest BCUT2D eigenvalue weighted by Gasteiger charge is -2.35. The number of aryl methyl sites for hydroxylation is 3. The summed E-state index contributed by atoms with van der Waals surface area (Å²) in [5.41, 5.74) is 2.70. The van der Waals surface area contributed by atoms with Crippen LogP contribution in [0.4, 0.5) is 0 Å². The zero-order chi connectivity index (χ0) is 21.8. The average molecular weight is 441 g/mol. The lowest BCUT2D eigenvalue weighted by molar-refractivity contribution is -0.139. The molecule has 1 aliphatic rings. The number of carbonyl (C=O) groups excluding carboxylic acids is 2. The Labute approximate surface area is 186 Å². The number of benzene rings is 1. The van der Waals surface area contributed by atoms with E-state index in [-0.39, 0.29) is 11.8 Å². The van der Waals surface area contributed by atoms with Crippen LogP contribution in [-0.2, 0) is 22.4 Å². The molecule has 0 unspecified atom stereocenters. The highest BCUT2D eigenvalue weighted by Gasteiger charge is 2.25. The topological polar surface area (TPSA) is 79.5 Å².